The molecular weight excluding hydrogens is 380 g/mol. The minimum absolute atomic E-state index is 0.00903. The molecule has 0 spiro atoms. The molecule has 2 N–H and O–H groups in total. The predicted octanol–water partition coefficient (Wildman–Crippen LogP) is 5.64. The lowest BCUT2D eigenvalue weighted by Gasteiger charge is -2.25. The molecule has 27 heavy (non-hydrogen) atoms. The van der Waals surface area contributed by atoms with Gasteiger partial charge in [-0.25, -0.2) is 0 Å². The van der Waals surface area contributed by atoms with Crippen molar-refractivity contribution in [2.75, 3.05) is 5.32 Å². The Morgan fingerprint density at radius 1 is 1.15 bits per heavy atom. The molecule has 0 unspecified atom stereocenters. The number of halogens is 1. The number of fused-ring (bicyclic) bond motifs is 3. The maximum atomic E-state index is 12.8. The molecule has 4 nitrogen and oxygen atoms in total. The number of carbonyl (C=O) groups excluding carboxylic acids is 1. The molecule has 3 heterocycles. The van der Waals surface area contributed by atoms with Crippen LogP contribution in [0.15, 0.2) is 40.8 Å². The van der Waals surface area contributed by atoms with Gasteiger partial charge in [-0.3, -0.25) is 4.79 Å². The number of hydrogen-bond acceptors (Lipinski definition) is 4. The number of rotatable bonds is 2. The van der Waals surface area contributed by atoms with Gasteiger partial charge in [0.1, 0.15) is 16.5 Å². The Labute approximate surface area is 166 Å². The summed E-state index contributed by atoms with van der Waals surface area (Å²) in [5, 5.41) is 8.17. The molecule has 0 fully saturated rings. The number of furan rings is 1. The molecule has 138 valence electrons. The van der Waals surface area contributed by atoms with Gasteiger partial charge in [0.15, 0.2) is 6.17 Å². The van der Waals surface area contributed by atoms with Crippen LogP contribution < -0.4 is 10.6 Å². The van der Waals surface area contributed by atoms with Crippen molar-refractivity contribution in [2.45, 2.75) is 32.4 Å². The second-order valence-corrected chi connectivity index (χ2v) is 8.86. The quantitative estimate of drug-likeness (QED) is 0.587. The number of nitrogens with one attached hydrogen (secondary N) is 2. The molecule has 5 rings (SSSR count). The van der Waals surface area contributed by atoms with Crippen LogP contribution >= 0.6 is 22.9 Å². The number of anilines is 1. The number of carbonyl (C=O) groups is 1. The average molecular weight is 399 g/mol. The Morgan fingerprint density at radius 2 is 1.96 bits per heavy atom. The van der Waals surface area contributed by atoms with E-state index in [2.05, 4.69) is 17.6 Å². The van der Waals surface area contributed by atoms with Crippen LogP contribution in [0.5, 0.6) is 0 Å². The topological polar surface area (TPSA) is 54.3 Å². The van der Waals surface area contributed by atoms with Crippen molar-refractivity contribution in [3.05, 3.63) is 63.2 Å². The van der Waals surface area contributed by atoms with E-state index < -0.39 is 0 Å². The normalized spacial score (nSPS) is 21.2. The predicted molar refractivity (Wildman–Crippen MR) is 108 cm³/mol. The highest BCUT2D eigenvalue weighted by Gasteiger charge is 2.34. The van der Waals surface area contributed by atoms with E-state index in [1.807, 2.05) is 36.4 Å². The van der Waals surface area contributed by atoms with Gasteiger partial charge in [0, 0.05) is 15.5 Å². The molecule has 6 heteroatoms. The van der Waals surface area contributed by atoms with Crippen molar-refractivity contribution in [3.8, 4) is 11.3 Å². The fraction of sp³-hybridized carbons (Fsp3) is 0.286. The third kappa shape index (κ3) is 2.95. The molecule has 1 aromatic carbocycles. The fourth-order valence-corrected chi connectivity index (χ4v) is 5.44. The molecule has 1 aliphatic carbocycles. The van der Waals surface area contributed by atoms with Gasteiger partial charge in [0.05, 0.1) is 5.56 Å². The second-order valence-electron chi connectivity index (χ2n) is 7.32. The van der Waals surface area contributed by atoms with Crippen molar-refractivity contribution in [3.63, 3.8) is 0 Å². The molecule has 0 saturated carbocycles. The smallest absolute Gasteiger partial charge is 0.256 e. The van der Waals surface area contributed by atoms with Crippen molar-refractivity contribution in [1.29, 1.82) is 0 Å². The highest BCUT2D eigenvalue weighted by Crippen LogP contribution is 2.42. The summed E-state index contributed by atoms with van der Waals surface area (Å²) in [6, 6.07) is 11.3. The summed E-state index contributed by atoms with van der Waals surface area (Å²) in [6.45, 7) is 2.28. The van der Waals surface area contributed by atoms with Gasteiger partial charge in [-0.05, 0) is 67.1 Å². The first-order chi connectivity index (χ1) is 13.1. The van der Waals surface area contributed by atoms with Crippen LogP contribution in [-0.4, -0.2) is 5.91 Å². The van der Waals surface area contributed by atoms with Crippen LogP contribution in [0.1, 0.15) is 46.1 Å². The summed E-state index contributed by atoms with van der Waals surface area (Å²) in [6.07, 6.45) is 2.84. The van der Waals surface area contributed by atoms with E-state index >= 15 is 0 Å². The Morgan fingerprint density at radius 3 is 2.78 bits per heavy atom. The van der Waals surface area contributed by atoms with E-state index in [-0.39, 0.29) is 12.1 Å². The summed E-state index contributed by atoms with van der Waals surface area (Å²) >= 11 is 7.68. The van der Waals surface area contributed by atoms with Crippen molar-refractivity contribution in [2.24, 2.45) is 5.92 Å². The lowest BCUT2D eigenvalue weighted by Crippen LogP contribution is -2.38. The summed E-state index contributed by atoms with van der Waals surface area (Å²) in [5.41, 5.74) is 3.02. The highest BCUT2D eigenvalue weighted by atomic mass is 35.5. The van der Waals surface area contributed by atoms with E-state index in [1.165, 1.54) is 10.4 Å². The van der Waals surface area contributed by atoms with E-state index in [4.69, 9.17) is 16.0 Å². The third-order valence-electron chi connectivity index (χ3n) is 5.33. The zero-order valence-electron chi connectivity index (χ0n) is 14.8. The summed E-state index contributed by atoms with van der Waals surface area (Å²) < 4.78 is 6.02. The number of thiophene rings is 1. The molecule has 0 saturated heterocycles. The first-order valence-corrected chi connectivity index (χ1v) is 10.4. The maximum Gasteiger partial charge on any atom is 0.256 e. The maximum absolute atomic E-state index is 12.8. The first-order valence-electron chi connectivity index (χ1n) is 9.16. The Kier molecular flexibility index (Phi) is 4.02. The van der Waals surface area contributed by atoms with Crippen LogP contribution in [0.4, 0.5) is 5.00 Å². The SMILES string of the molecule is C[C@H]1CCc2c(sc3c2C(=O)N[C@H](c2ccc(-c4ccc(Cl)cc4)o2)N3)C1. The first kappa shape index (κ1) is 16.9. The van der Waals surface area contributed by atoms with E-state index in [0.29, 0.717) is 16.7 Å². The van der Waals surface area contributed by atoms with Gasteiger partial charge in [-0.2, -0.15) is 0 Å². The lowest BCUT2D eigenvalue weighted by atomic mass is 9.88. The van der Waals surface area contributed by atoms with Crippen molar-refractivity contribution >= 4 is 33.8 Å². The highest BCUT2D eigenvalue weighted by molar-refractivity contribution is 7.16. The Balaban J connectivity index is 1.44. The monoisotopic (exact) mass is 398 g/mol. The molecule has 1 amide bonds. The molecule has 1 aliphatic heterocycles. The van der Waals surface area contributed by atoms with Gasteiger partial charge < -0.3 is 15.1 Å². The summed E-state index contributed by atoms with van der Waals surface area (Å²) in [7, 11) is 0. The zero-order valence-corrected chi connectivity index (χ0v) is 16.4. The van der Waals surface area contributed by atoms with Crippen molar-refractivity contribution < 1.29 is 9.21 Å². The number of hydrogen-bond donors (Lipinski definition) is 2. The van der Waals surface area contributed by atoms with Crippen LogP contribution in [-0.2, 0) is 12.8 Å². The molecule has 2 aliphatic rings. The van der Waals surface area contributed by atoms with Crippen molar-refractivity contribution in [1.82, 2.24) is 5.32 Å². The summed E-state index contributed by atoms with van der Waals surface area (Å²) in [4.78, 5) is 14.1. The molecule has 0 radical (unpaired) electrons. The standard InChI is InChI=1S/C21H19ClN2O2S/c1-11-2-7-14-17(10-11)27-21-18(14)20(25)23-19(24-21)16-9-8-15(26-16)12-3-5-13(22)6-4-12/h3-6,8-9,11,19,24H,2,7,10H2,1H3,(H,23,25)/t11-,19-/m0/s1. The van der Waals surface area contributed by atoms with E-state index in [9.17, 15) is 4.79 Å². The van der Waals surface area contributed by atoms with Crippen LogP contribution in [0.25, 0.3) is 11.3 Å². The van der Waals surface area contributed by atoms with Gasteiger partial charge in [-0.1, -0.05) is 18.5 Å². The lowest BCUT2D eigenvalue weighted by molar-refractivity contribution is 0.0930. The molecule has 2 atom stereocenters. The van der Waals surface area contributed by atoms with Gasteiger partial charge in [-0.15, -0.1) is 11.3 Å². The van der Waals surface area contributed by atoms with Crippen LogP contribution in [0.3, 0.4) is 0 Å². The molecule has 2 aromatic heterocycles. The largest absolute Gasteiger partial charge is 0.457 e. The third-order valence-corrected chi connectivity index (χ3v) is 6.77. The summed E-state index contributed by atoms with van der Waals surface area (Å²) in [5.74, 6) is 2.12. The zero-order chi connectivity index (χ0) is 18.5. The van der Waals surface area contributed by atoms with Crippen LogP contribution in [0.2, 0.25) is 5.02 Å². The molecule has 0 bridgehead atoms. The minimum atomic E-state index is -0.358. The minimum Gasteiger partial charge on any atom is -0.457 e. The van der Waals surface area contributed by atoms with Gasteiger partial charge >= 0.3 is 0 Å². The van der Waals surface area contributed by atoms with E-state index in [1.54, 1.807) is 11.3 Å². The van der Waals surface area contributed by atoms with Gasteiger partial charge in [0.25, 0.3) is 5.91 Å². The Bertz CT molecular complexity index is 1020. The average Bonchev–Trinajstić information content (AvgIpc) is 3.26. The van der Waals surface area contributed by atoms with E-state index in [0.717, 1.165) is 41.2 Å². The Hall–Kier alpha value is -2.24. The second kappa shape index (κ2) is 6.43. The van der Waals surface area contributed by atoms with Crippen LogP contribution in [0, 0.1) is 5.92 Å². The number of amides is 1. The molecule has 3 aromatic rings. The van der Waals surface area contributed by atoms with Gasteiger partial charge in [0.2, 0.25) is 0 Å². The molecular formula is C21H19ClN2O2S. The fourth-order valence-electron chi connectivity index (χ4n) is 3.88. The number of benzene rings is 1.